The Morgan fingerprint density at radius 3 is 2.48 bits per heavy atom. The molecule has 0 bridgehead atoms. The lowest BCUT2D eigenvalue weighted by molar-refractivity contribution is 0.0567. The van der Waals surface area contributed by atoms with Crippen molar-refractivity contribution >= 4 is 0 Å². The molecule has 1 aromatic rings. The third-order valence-corrected chi connectivity index (χ3v) is 5.52. The smallest absolute Gasteiger partial charge is 0.0326 e. The normalized spacial score (nSPS) is 28.8. The summed E-state index contributed by atoms with van der Waals surface area (Å²) in [4.78, 5) is 2.77. The summed E-state index contributed by atoms with van der Waals surface area (Å²) in [6, 6.07) is 10.8. The van der Waals surface area contributed by atoms with Gasteiger partial charge in [0.1, 0.15) is 0 Å². The fourth-order valence-corrected chi connectivity index (χ4v) is 3.93. The van der Waals surface area contributed by atoms with Crippen LogP contribution in [0.1, 0.15) is 50.8 Å². The molecule has 1 aromatic carbocycles. The van der Waals surface area contributed by atoms with E-state index in [1.54, 1.807) is 0 Å². The average Bonchev–Trinajstić information content (AvgIpc) is 3.31. The number of rotatable bonds is 4. The van der Waals surface area contributed by atoms with Crippen LogP contribution in [0.2, 0.25) is 0 Å². The largest absolute Gasteiger partial charge is 0.311 e. The van der Waals surface area contributed by atoms with Gasteiger partial charge < -0.3 is 5.32 Å². The Labute approximate surface area is 129 Å². The SMILES string of the molecule is Cc1ccccc1C(C)N1CC(C2CC2)NCC1C(C)C. The van der Waals surface area contributed by atoms with Crippen LogP contribution in [0.15, 0.2) is 24.3 Å². The van der Waals surface area contributed by atoms with E-state index in [1.165, 1.54) is 30.5 Å². The Hall–Kier alpha value is -0.860. The molecule has 0 radical (unpaired) electrons. The number of nitrogens with one attached hydrogen (secondary N) is 1. The average molecular weight is 286 g/mol. The lowest BCUT2D eigenvalue weighted by Gasteiger charge is -2.46. The van der Waals surface area contributed by atoms with Crippen LogP contribution in [0.5, 0.6) is 0 Å². The monoisotopic (exact) mass is 286 g/mol. The maximum Gasteiger partial charge on any atom is 0.0326 e. The van der Waals surface area contributed by atoms with Gasteiger partial charge in [-0.2, -0.15) is 0 Å². The van der Waals surface area contributed by atoms with E-state index in [9.17, 15) is 0 Å². The minimum atomic E-state index is 0.516. The van der Waals surface area contributed by atoms with Gasteiger partial charge in [0.15, 0.2) is 0 Å². The van der Waals surface area contributed by atoms with E-state index >= 15 is 0 Å². The Morgan fingerprint density at radius 2 is 1.86 bits per heavy atom. The Bertz CT molecular complexity index is 478. The van der Waals surface area contributed by atoms with Crippen LogP contribution in [0.25, 0.3) is 0 Å². The van der Waals surface area contributed by atoms with E-state index in [-0.39, 0.29) is 0 Å². The summed E-state index contributed by atoms with van der Waals surface area (Å²) < 4.78 is 0. The number of hydrogen-bond acceptors (Lipinski definition) is 2. The van der Waals surface area contributed by atoms with Crippen LogP contribution in [0, 0.1) is 18.8 Å². The van der Waals surface area contributed by atoms with Crippen molar-refractivity contribution in [1.82, 2.24) is 10.2 Å². The fourth-order valence-electron chi connectivity index (χ4n) is 3.93. The number of piperazine rings is 1. The summed E-state index contributed by atoms with van der Waals surface area (Å²) in [7, 11) is 0. The van der Waals surface area contributed by atoms with Crippen LogP contribution in [-0.4, -0.2) is 30.1 Å². The number of nitrogens with zero attached hydrogens (tertiary/aromatic N) is 1. The second kappa shape index (κ2) is 6.10. The van der Waals surface area contributed by atoms with Crippen molar-refractivity contribution in [3.8, 4) is 0 Å². The third kappa shape index (κ3) is 3.17. The van der Waals surface area contributed by atoms with Crippen molar-refractivity contribution in [1.29, 1.82) is 0 Å². The van der Waals surface area contributed by atoms with Crippen molar-refractivity contribution in [2.75, 3.05) is 13.1 Å². The predicted octanol–water partition coefficient (Wildman–Crippen LogP) is 3.76. The van der Waals surface area contributed by atoms with Gasteiger partial charge in [0.25, 0.3) is 0 Å². The molecule has 2 heteroatoms. The number of hydrogen-bond donors (Lipinski definition) is 1. The number of aryl methyl sites for hydroxylation is 1. The van der Waals surface area contributed by atoms with Crippen LogP contribution in [0.3, 0.4) is 0 Å². The first-order chi connectivity index (χ1) is 10.1. The minimum absolute atomic E-state index is 0.516. The lowest BCUT2D eigenvalue weighted by Crippen LogP contribution is -2.59. The molecule has 1 heterocycles. The third-order valence-electron chi connectivity index (χ3n) is 5.52. The maximum atomic E-state index is 3.82. The van der Waals surface area contributed by atoms with Crippen LogP contribution in [0.4, 0.5) is 0 Å². The van der Waals surface area contributed by atoms with E-state index in [2.05, 4.69) is 62.2 Å². The molecular formula is C19H30N2. The molecule has 1 aliphatic carbocycles. The highest BCUT2D eigenvalue weighted by molar-refractivity contribution is 5.28. The van der Waals surface area contributed by atoms with Crippen LogP contribution in [-0.2, 0) is 0 Å². The second-order valence-corrected chi connectivity index (χ2v) is 7.39. The second-order valence-electron chi connectivity index (χ2n) is 7.39. The van der Waals surface area contributed by atoms with Gasteiger partial charge in [-0.1, -0.05) is 38.1 Å². The zero-order chi connectivity index (χ0) is 15.0. The van der Waals surface area contributed by atoms with Crippen molar-refractivity contribution in [3.05, 3.63) is 35.4 Å². The molecule has 3 rings (SSSR count). The minimum Gasteiger partial charge on any atom is -0.311 e. The molecule has 2 nitrogen and oxygen atoms in total. The molecule has 3 unspecified atom stereocenters. The summed E-state index contributed by atoms with van der Waals surface area (Å²) in [6.45, 7) is 11.7. The molecule has 0 spiro atoms. The zero-order valence-corrected chi connectivity index (χ0v) is 14.0. The van der Waals surface area contributed by atoms with Crippen LogP contribution >= 0.6 is 0 Å². The molecule has 116 valence electrons. The molecule has 1 saturated carbocycles. The highest BCUT2D eigenvalue weighted by atomic mass is 15.3. The van der Waals surface area contributed by atoms with Gasteiger partial charge in [0, 0.05) is 31.2 Å². The van der Waals surface area contributed by atoms with Crippen LogP contribution < -0.4 is 5.32 Å². The van der Waals surface area contributed by atoms with Gasteiger partial charge in [-0.3, -0.25) is 4.90 Å². The summed E-state index contributed by atoms with van der Waals surface area (Å²) in [5.41, 5.74) is 2.92. The molecule has 2 fully saturated rings. The Balaban J connectivity index is 1.82. The van der Waals surface area contributed by atoms with E-state index in [0.29, 0.717) is 24.0 Å². The van der Waals surface area contributed by atoms with Gasteiger partial charge in [0.05, 0.1) is 0 Å². The summed E-state index contributed by atoms with van der Waals surface area (Å²) in [6.07, 6.45) is 2.85. The first kappa shape index (κ1) is 15.1. The van der Waals surface area contributed by atoms with Crippen molar-refractivity contribution in [2.24, 2.45) is 11.8 Å². The predicted molar refractivity (Wildman–Crippen MR) is 89.4 cm³/mol. The summed E-state index contributed by atoms with van der Waals surface area (Å²) in [5, 5.41) is 3.82. The van der Waals surface area contributed by atoms with E-state index in [0.717, 1.165) is 12.5 Å². The fraction of sp³-hybridized carbons (Fsp3) is 0.684. The van der Waals surface area contributed by atoms with E-state index in [1.807, 2.05) is 0 Å². The van der Waals surface area contributed by atoms with Gasteiger partial charge in [-0.05, 0) is 49.7 Å². The van der Waals surface area contributed by atoms with E-state index < -0.39 is 0 Å². The first-order valence-electron chi connectivity index (χ1n) is 8.62. The molecule has 3 atom stereocenters. The van der Waals surface area contributed by atoms with E-state index in [4.69, 9.17) is 0 Å². The van der Waals surface area contributed by atoms with Gasteiger partial charge in [-0.25, -0.2) is 0 Å². The van der Waals surface area contributed by atoms with Gasteiger partial charge >= 0.3 is 0 Å². The molecular weight excluding hydrogens is 256 g/mol. The standard InChI is InChI=1S/C19H30N2/c1-13(2)19-11-20-18(16-9-10-16)12-21(19)15(4)17-8-6-5-7-14(17)3/h5-8,13,15-16,18-20H,9-12H2,1-4H3. The molecule has 0 amide bonds. The van der Waals surface area contributed by atoms with Crippen molar-refractivity contribution < 1.29 is 0 Å². The summed E-state index contributed by atoms with van der Waals surface area (Å²) >= 11 is 0. The Morgan fingerprint density at radius 1 is 1.14 bits per heavy atom. The number of benzene rings is 1. The van der Waals surface area contributed by atoms with Crippen molar-refractivity contribution in [2.45, 2.75) is 58.7 Å². The quantitative estimate of drug-likeness (QED) is 0.906. The summed E-state index contributed by atoms with van der Waals surface area (Å²) in [5.74, 6) is 1.63. The molecule has 21 heavy (non-hydrogen) atoms. The molecule has 1 aliphatic heterocycles. The van der Waals surface area contributed by atoms with Crippen molar-refractivity contribution in [3.63, 3.8) is 0 Å². The molecule has 0 aromatic heterocycles. The molecule has 2 aliphatic rings. The maximum absolute atomic E-state index is 3.82. The lowest BCUT2D eigenvalue weighted by atomic mass is 9.92. The Kier molecular flexibility index (Phi) is 4.37. The topological polar surface area (TPSA) is 15.3 Å². The first-order valence-corrected chi connectivity index (χ1v) is 8.62. The van der Waals surface area contributed by atoms with Gasteiger partial charge in [0.2, 0.25) is 0 Å². The van der Waals surface area contributed by atoms with Gasteiger partial charge in [-0.15, -0.1) is 0 Å². The molecule has 1 N–H and O–H groups in total. The zero-order valence-electron chi connectivity index (χ0n) is 14.0. The molecule has 1 saturated heterocycles. The highest BCUT2D eigenvalue weighted by Gasteiger charge is 2.39. The highest BCUT2D eigenvalue weighted by Crippen LogP contribution is 2.37.